The van der Waals surface area contributed by atoms with Crippen molar-refractivity contribution in [1.29, 1.82) is 0 Å². The number of rotatable bonds is 6. The van der Waals surface area contributed by atoms with Gasteiger partial charge in [-0.25, -0.2) is 0 Å². The van der Waals surface area contributed by atoms with Crippen molar-refractivity contribution in [2.45, 2.75) is 12.7 Å². The van der Waals surface area contributed by atoms with E-state index in [1.165, 1.54) is 55.4 Å². The Bertz CT molecular complexity index is 1190. The van der Waals surface area contributed by atoms with E-state index in [1.807, 2.05) is 0 Å². The number of anilines is 1. The van der Waals surface area contributed by atoms with Crippen molar-refractivity contribution in [2.75, 3.05) is 12.4 Å². The number of amides is 2. The van der Waals surface area contributed by atoms with Crippen LogP contribution in [0.4, 0.5) is 19.0 Å². The summed E-state index contributed by atoms with van der Waals surface area (Å²) < 4.78 is 45.8. The van der Waals surface area contributed by atoms with Crippen LogP contribution in [0.25, 0.3) is 0 Å². The quantitative estimate of drug-likeness (QED) is 0.502. The lowest BCUT2D eigenvalue weighted by molar-refractivity contribution is -0.138. The second-order valence-corrected chi connectivity index (χ2v) is 7.61. The highest BCUT2D eigenvalue weighted by Crippen LogP contribution is 2.34. The monoisotopic (exact) mass is 500 g/mol. The van der Waals surface area contributed by atoms with Crippen molar-refractivity contribution in [3.05, 3.63) is 74.9 Å². The number of aromatic nitrogens is 2. The zero-order valence-electron chi connectivity index (χ0n) is 17.3. The normalized spacial score (nSPS) is 11.2. The summed E-state index contributed by atoms with van der Waals surface area (Å²) >= 11 is 12.1. The lowest BCUT2D eigenvalue weighted by Gasteiger charge is -2.14. The summed E-state index contributed by atoms with van der Waals surface area (Å²) in [6.45, 7) is -0.375. The Hall–Kier alpha value is -3.24. The Morgan fingerprint density at radius 1 is 1.12 bits per heavy atom. The van der Waals surface area contributed by atoms with Gasteiger partial charge in [0.25, 0.3) is 11.8 Å². The Kier molecular flexibility index (Phi) is 7.19. The maximum atomic E-state index is 13.2. The third-order valence-electron chi connectivity index (χ3n) is 4.64. The van der Waals surface area contributed by atoms with Gasteiger partial charge in [0.1, 0.15) is 11.4 Å². The molecule has 33 heavy (non-hydrogen) atoms. The first-order valence-electron chi connectivity index (χ1n) is 9.32. The molecule has 0 saturated heterocycles. The molecule has 0 fully saturated rings. The molecular formula is C21H17Cl2F3N4O3. The van der Waals surface area contributed by atoms with Gasteiger partial charge in [-0.15, -0.1) is 0 Å². The number of carbonyl (C=O) groups is 2. The summed E-state index contributed by atoms with van der Waals surface area (Å²) in [7, 11) is 2.86. The topological polar surface area (TPSA) is 85.2 Å². The standard InChI is InChI=1S/C21H17Cl2F3N4O3/c1-30-18(29-19(31)12-7-15(22)17(33-2)16(23)8-12)13(10-28-30)20(32)27-9-11-5-3-4-6-14(11)21(24,25)26/h3-8,10H,9H2,1-2H3,(H,27,32)(H,29,31). The molecule has 0 saturated carbocycles. The molecule has 12 heteroatoms. The van der Waals surface area contributed by atoms with Gasteiger partial charge in [-0.3, -0.25) is 14.3 Å². The highest BCUT2D eigenvalue weighted by molar-refractivity contribution is 6.37. The van der Waals surface area contributed by atoms with Crippen LogP contribution in [0.3, 0.4) is 0 Å². The first kappa shape index (κ1) is 24.4. The van der Waals surface area contributed by atoms with E-state index in [4.69, 9.17) is 27.9 Å². The second kappa shape index (κ2) is 9.72. The minimum atomic E-state index is -4.56. The summed E-state index contributed by atoms with van der Waals surface area (Å²) in [6, 6.07) is 7.59. The minimum absolute atomic E-state index is 0.0321. The Morgan fingerprint density at radius 3 is 2.36 bits per heavy atom. The number of nitrogens with zero attached hydrogens (tertiary/aromatic N) is 2. The molecule has 1 heterocycles. The van der Waals surface area contributed by atoms with E-state index in [0.29, 0.717) is 0 Å². The van der Waals surface area contributed by atoms with Crippen LogP contribution in [0.5, 0.6) is 5.75 Å². The maximum Gasteiger partial charge on any atom is 0.416 e. The molecule has 1 aromatic heterocycles. The number of benzene rings is 2. The van der Waals surface area contributed by atoms with Crippen molar-refractivity contribution < 1.29 is 27.5 Å². The van der Waals surface area contributed by atoms with Crippen LogP contribution >= 0.6 is 23.2 Å². The van der Waals surface area contributed by atoms with E-state index in [0.717, 1.165) is 6.07 Å². The number of alkyl halides is 3. The predicted octanol–water partition coefficient (Wildman–Crippen LogP) is 4.94. The third-order valence-corrected chi connectivity index (χ3v) is 5.20. The Balaban J connectivity index is 1.79. The van der Waals surface area contributed by atoms with Gasteiger partial charge < -0.3 is 15.4 Å². The summed E-state index contributed by atoms with van der Waals surface area (Å²) in [5, 5.41) is 9.14. The maximum absolute atomic E-state index is 13.2. The molecular weight excluding hydrogens is 484 g/mol. The molecule has 0 bridgehead atoms. The molecule has 0 radical (unpaired) electrons. The average Bonchev–Trinajstić information content (AvgIpc) is 3.11. The molecule has 0 unspecified atom stereocenters. The summed E-state index contributed by atoms with van der Waals surface area (Å²) in [5.74, 6) is -1.12. The van der Waals surface area contributed by atoms with Crippen molar-refractivity contribution in [1.82, 2.24) is 15.1 Å². The fraction of sp³-hybridized carbons (Fsp3) is 0.190. The molecule has 0 aliphatic heterocycles. The van der Waals surface area contributed by atoms with E-state index >= 15 is 0 Å². The highest BCUT2D eigenvalue weighted by Gasteiger charge is 2.33. The zero-order valence-corrected chi connectivity index (χ0v) is 18.8. The van der Waals surface area contributed by atoms with Gasteiger partial charge in [0.05, 0.1) is 28.9 Å². The lowest BCUT2D eigenvalue weighted by Crippen LogP contribution is -2.26. The molecule has 0 aliphatic rings. The van der Waals surface area contributed by atoms with E-state index in [1.54, 1.807) is 0 Å². The number of halogens is 5. The van der Waals surface area contributed by atoms with Gasteiger partial charge in [0.15, 0.2) is 5.75 Å². The third kappa shape index (κ3) is 5.40. The van der Waals surface area contributed by atoms with Gasteiger partial charge in [-0.1, -0.05) is 41.4 Å². The molecule has 2 amide bonds. The molecule has 3 rings (SSSR count). The van der Waals surface area contributed by atoms with Crippen LogP contribution < -0.4 is 15.4 Å². The first-order valence-corrected chi connectivity index (χ1v) is 10.1. The van der Waals surface area contributed by atoms with Crippen LogP contribution in [-0.4, -0.2) is 28.7 Å². The molecule has 0 atom stereocenters. The fourth-order valence-electron chi connectivity index (χ4n) is 3.04. The van der Waals surface area contributed by atoms with Crippen LogP contribution in [0, 0.1) is 0 Å². The number of hydrogen-bond acceptors (Lipinski definition) is 4. The number of methoxy groups -OCH3 is 1. The number of aryl methyl sites for hydroxylation is 1. The van der Waals surface area contributed by atoms with Crippen molar-refractivity contribution in [2.24, 2.45) is 7.05 Å². The molecule has 2 N–H and O–H groups in total. The first-order chi connectivity index (χ1) is 15.5. The van der Waals surface area contributed by atoms with Gasteiger partial charge in [-0.05, 0) is 23.8 Å². The van der Waals surface area contributed by atoms with E-state index in [-0.39, 0.29) is 44.8 Å². The summed E-state index contributed by atoms with van der Waals surface area (Å²) in [6.07, 6.45) is -3.37. The zero-order chi connectivity index (χ0) is 24.3. The van der Waals surface area contributed by atoms with E-state index < -0.39 is 23.6 Å². The number of nitrogens with one attached hydrogen (secondary N) is 2. The van der Waals surface area contributed by atoms with Gasteiger partial charge in [0, 0.05) is 19.2 Å². The fourth-order valence-corrected chi connectivity index (χ4v) is 3.68. The van der Waals surface area contributed by atoms with E-state index in [9.17, 15) is 22.8 Å². The minimum Gasteiger partial charge on any atom is -0.494 e. The second-order valence-electron chi connectivity index (χ2n) is 6.80. The van der Waals surface area contributed by atoms with Crippen molar-refractivity contribution >= 4 is 40.8 Å². The lowest BCUT2D eigenvalue weighted by atomic mass is 10.1. The highest BCUT2D eigenvalue weighted by atomic mass is 35.5. The molecule has 0 spiro atoms. The Labute approximate surface area is 196 Å². The van der Waals surface area contributed by atoms with E-state index in [2.05, 4.69) is 15.7 Å². The van der Waals surface area contributed by atoms with Crippen LogP contribution in [0.1, 0.15) is 31.8 Å². The summed E-state index contributed by atoms with van der Waals surface area (Å²) in [5.41, 5.74) is -0.896. The molecule has 7 nitrogen and oxygen atoms in total. The number of ether oxygens (including phenoxy) is 1. The van der Waals surface area contributed by atoms with Crippen LogP contribution in [-0.2, 0) is 19.8 Å². The van der Waals surface area contributed by atoms with Gasteiger partial charge in [-0.2, -0.15) is 18.3 Å². The average molecular weight is 501 g/mol. The number of hydrogen-bond donors (Lipinski definition) is 2. The van der Waals surface area contributed by atoms with Crippen LogP contribution in [0.2, 0.25) is 10.0 Å². The smallest absolute Gasteiger partial charge is 0.416 e. The molecule has 3 aromatic rings. The Morgan fingerprint density at radius 2 is 1.76 bits per heavy atom. The van der Waals surface area contributed by atoms with Crippen molar-refractivity contribution in [3.8, 4) is 5.75 Å². The SMILES string of the molecule is COc1c(Cl)cc(C(=O)Nc2c(C(=O)NCc3ccccc3C(F)(F)F)cnn2C)cc1Cl. The largest absolute Gasteiger partial charge is 0.494 e. The molecule has 0 aliphatic carbocycles. The van der Waals surface area contributed by atoms with Crippen LogP contribution in [0.15, 0.2) is 42.6 Å². The summed E-state index contributed by atoms with van der Waals surface area (Å²) in [4.78, 5) is 25.4. The van der Waals surface area contributed by atoms with Gasteiger partial charge in [0.2, 0.25) is 0 Å². The molecule has 174 valence electrons. The van der Waals surface area contributed by atoms with Gasteiger partial charge >= 0.3 is 6.18 Å². The predicted molar refractivity (Wildman–Crippen MR) is 117 cm³/mol. The van der Waals surface area contributed by atoms with Crippen molar-refractivity contribution in [3.63, 3.8) is 0 Å². The number of carbonyl (C=O) groups excluding carboxylic acids is 2. The molecule has 2 aromatic carbocycles.